The molecule has 0 aliphatic rings. The van der Waals surface area contributed by atoms with Crippen LogP contribution >= 0.6 is 0 Å². The fourth-order valence-corrected chi connectivity index (χ4v) is 2.62. The van der Waals surface area contributed by atoms with Gasteiger partial charge in [-0.25, -0.2) is 0 Å². The predicted octanol–water partition coefficient (Wildman–Crippen LogP) is 3.13. The number of fused-ring (bicyclic) bond motifs is 1. The van der Waals surface area contributed by atoms with Gasteiger partial charge in [-0.15, -0.1) is 0 Å². The van der Waals surface area contributed by atoms with Crippen molar-refractivity contribution in [3.05, 3.63) is 83.4 Å². The first-order chi connectivity index (χ1) is 11.7. The normalized spacial score (nSPS) is 10.4. The number of carbonyl (C=O) groups excluding carboxylic acids is 2. The molecule has 0 saturated carbocycles. The Bertz CT molecular complexity index is 880. The van der Waals surface area contributed by atoms with Gasteiger partial charge in [0, 0.05) is 24.7 Å². The van der Waals surface area contributed by atoms with Crippen molar-refractivity contribution in [3.8, 4) is 0 Å². The van der Waals surface area contributed by atoms with Crippen LogP contribution in [0.5, 0.6) is 0 Å². The molecule has 3 rings (SSSR count). The Kier molecular flexibility index (Phi) is 4.57. The van der Waals surface area contributed by atoms with Gasteiger partial charge in [0.1, 0.15) is 0 Å². The molecule has 0 radical (unpaired) electrons. The molecule has 2 N–H and O–H groups in total. The number of carbonyl (C=O) groups is 2. The van der Waals surface area contributed by atoms with Crippen molar-refractivity contribution in [3.63, 3.8) is 0 Å². The van der Waals surface area contributed by atoms with Crippen LogP contribution in [0.2, 0.25) is 0 Å². The molecular formula is C20H18N2O2. The van der Waals surface area contributed by atoms with Crippen molar-refractivity contribution < 1.29 is 9.59 Å². The maximum Gasteiger partial charge on any atom is 0.252 e. The second-order valence-electron chi connectivity index (χ2n) is 5.49. The van der Waals surface area contributed by atoms with Gasteiger partial charge in [0.25, 0.3) is 11.8 Å². The van der Waals surface area contributed by atoms with Gasteiger partial charge < -0.3 is 10.6 Å². The molecule has 0 aliphatic heterocycles. The molecule has 3 aromatic rings. The molecule has 0 bridgehead atoms. The van der Waals surface area contributed by atoms with E-state index in [-0.39, 0.29) is 11.8 Å². The summed E-state index contributed by atoms with van der Waals surface area (Å²) in [5.74, 6) is -0.233. The molecule has 4 nitrogen and oxygen atoms in total. The summed E-state index contributed by atoms with van der Waals surface area (Å²) in [5.41, 5.74) is 2.20. The van der Waals surface area contributed by atoms with Crippen molar-refractivity contribution in [2.24, 2.45) is 0 Å². The first-order valence-corrected chi connectivity index (χ1v) is 7.76. The van der Waals surface area contributed by atoms with Gasteiger partial charge in [0.15, 0.2) is 0 Å². The van der Waals surface area contributed by atoms with E-state index in [4.69, 9.17) is 0 Å². The Hall–Kier alpha value is -3.14. The molecule has 0 aliphatic carbocycles. The number of amides is 2. The van der Waals surface area contributed by atoms with Crippen molar-refractivity contribution >= 4 is 22.6 Å². The van der Waals surface area contributed by atoms with Gasteiger partial charge in [-0.05, 0) is 34.5 Å². The number of nitrogens with one attached hydrogen (secondary N) is 2. The summed E-state index contributed by atoms with van der Waals surface area (Å²) in [6, 6.07) is 20.7. The third kappa shape index (κ3) is 3.27. The molecule has 2 amide bonds. The van der Waals surface area contributed by atoms with E-state index >= 15 is 0 Å². The van der Waals surface area contributed by atoms with Crippen molar-refractivity contribution in [2.75, 3.05) is 7.05 Å². The Morgan fingerprint density at radius 3 is 2.29 bits per heavy atom. The zero-order chi connectivity index (χ0) is 16.9. The van der Waals surface area contributed by atoms with E-state index in [0.717, 1.165) is 16.3 Å². The SMILES string of the molecule is CNC(=O)c1ccc(CNC(=O)c2cccc3ccccc23)cc1. The fraction of sp³-hybridized carbons (Fsp3) is 0.100. The monoisotopic (exact) mass is 318 g/mol. The first kappa shape index (κ1) is 15.7. The Balaban J connectivity index is 1.72. The van der Waals surface area contributed by atoms with E-state index in [9.17, 15) is 9.59 Å². The first-order valence-electron chi connectivity index (χ1n) is 7.76. The average Bonchev–Trinajstić information content (AvgIpc) is 2.65. The molecule has 0 saturated heterocycles. The van der Waals surface area contributed by atoms with Crippen molar-refractivity contribution in [1.82, 2.24) is 10.6 Å². The van der Waals surface area contributed by atoms with Gasteiger partial charge in [0.05, 0.1) is 0 Å². The molecule has 0 fully saturated rings. The van der Waals surface area contributed by atoms with Crippen LogP contribution in [-0.4, -0.2) is 18.9 Å². The number of rotatable bonds is 4. The average molecular weight is 318 g/mol. The van der Waals surface area contributed by atoms with Crippen molar-refractivity contribution in [2.45, 2.75) is 6.54 Å². The minimum Gasteiger partial charge on any atom is -0.355 e. The summed E-state index contributed by atoms with van der Waals surface area (Å²) < 4.78 is 0. The summed E-state index contributed by atoms with van der Waals surface area (Å²) >= 11 is 0. The number of benzene rings is 3. The number of hydrogen-bond donors (Lipinski definition) is 2. The fourth-order valence-electron chi connectivity index (χ4n) is 2.62. The van der Waals surface area contributed by atoms with Crippen LogP contribution in [-0.2, 0) is 6.54 Å². The molecule has 3 aromatic carbocycles. The topological polar surface area (TPSA) is 58.2 Å². The zero-order valence-electron chi connectivity index (χ0n) is 13.4. The van der Waals surface area contributed by atoms with Gasteiger partial charge in [0.2, 0.25) is 0 Å². The zero-order valence-corrected chi connectivity index (χ0v) is 13.4. The van der Waals surface area contributed by atoms with Crippen LogP contribution < -0.4 is 10.6 Å². The number of hydrogen-bond acceptors (Lipinski definition) is 2. The highest BCUT2D eigenvalue weighted by atomic mass is 16.2. The van der Waals surface area contributed by atoms with E-state index in [1.54, 1.807) is 19.2 Å². The van der Waals surface area contributed by atoms with Crippen LogP contribution in [0.25, 0.3) is 10.8 Å². The quantitative estimate of drug-likeness (QED) is 0.776. The second-order valence-corrected chi connectivity index (χ2v) is 5.49. The van der Waals surface area contributed by atoms with Gasteiger partial charge in [-0.3, -0.25) is 9.59 Å². The lowest BCUT2D eigenvalue weighted by atomic mass is 10.0. The van der Waals surface area contributed by atoms with E-state index in [1.165, 1.54) is 0 Å². The molecule has 0 heterocycles. The third-order valence-electron chi connectivity index (χ3n) is 3.93. The van der Waals surface area contributed by atoms with E-state index in [2.05, 4.69) is 10.6 Å². The molecule has 120 valence electrons. The maximum absolute atomic E-state index is 12.5. The van der Waals surface area contributed by atoms with E-state index < -0.39 is 0 Å². The smallest absolute Gasteiger partial charge is 0.252 e. The lowest BCUT2D eigenvalue weighted by Crippen LogP contribution is -2.23. The molecule has 0 unspecified atom stereocenters. The van der Waals surface area contributed by atoms with Crippen molar-refractivity contribution in [1.29, 1.82) is 0 Å². The third-order valence-corrected chi connectivity index (χ3v) is 3.93. The highest BCUT2D eigenvalue weighted by Crippen LogP contribution is 2.18. The Labute approximate surface area is 140 Å². The summed E-state index contributed by atoms with van der Waals surface area (Å²) in [4.78, 5) is 24.0. The Morgan fingerprint density at radius 1 is 0.833 bits per heavy atom. The molecule has 0 atom stereocenters. The predicted molar refractivity (Wildman–Crippen MR) is 95.0 cm³/mol. The Morgan fingerprint density at radius 2 is 1.54 bits per heavy atom. The minimum atomic E-state index is -0.124. The summed E-state index contributed by atoms with van der Waals surface area (Å²) in [5, 5.41) is 7.49. The van der Waals surface area contributed by atoms with E-state index in [0.29, 0.717) is 17.7 Å². The van der Waals surface area contributed by atoms with Gasteiger partial charge in [-0.1, -0.05) is 48.5 Å². The van der Waals surface area contributed by atoms with Crippen LogP contribution in [0.4, 0.5) is 0 Å². The molecule has 0 aromatic heterocycles. The summed E-state index contributed by atoms with van der Waals surface area (Å²) in [7, 11) is 1.60. The van der Waals surface area contributed by atoms with Gasteiger partial charge >= 0.3 is 0 Å². The van der Waals surface area contributed by atoms with E-state index in [1.807, 2.05) is 54.6 Å². The maximum atomic E-state index is 12.5. The molecule has 4 heteroatoms. The largest absolute Gasteiger partial charge is 0.355 e. The lowest BCUT2D eigenvalue weighted by molar-refractivity contribution is 0.0947. The second kappa shape index (κ2) is 6.96. The van der Waals surface area contributed by atoms with Crippen LogP contribution in [0.15, 0.2) is 66.7 Å². The highest BCUT2D eigenvalue weighted by molar-refractivity contribution is 6.07. The molecule has 0 spiro atoms. The standard InChI is InChI=1S/C20H18N2O2/c1-21-19(23)16-11-9-14(10-12-16)13-22-20(24)18-8-4-6-15-5-2-3-7-17(15)18/h2-12H,13H2,1H3,(H,21,23)(H,22,24). The summed E-state index contributed by atoms with van der Waals surface area (Å²) in [6.07, 6.45) is 0. The van der Waals surface area contributed by atoms with Gasteiger partial charge in [-0.2, -0.15) is 0 Å². The highest BCUT2D eigenvalue weighted by Gasteiger charge is 2.09. The van der Waals surface area contributed by atoms with Crippen LogP contribution in [0.3, 0.4) is 0 Å². The summed E-state index contributed by atoms with van der Waals surface area (Å²) in [6.45, 7) is 0.413. The molecular weight excluding hydrogens is 300 g/mol. The molecule has 24 heavy (non-hydrogen) atoms. The van der Waals surface area contributed by atoms with Crippen LogP contribution in [0.1, 0.15) is 26.3 Å². The minimum absolute atomic E-state index is 0.109. The van der Waals surface area contributed by atoms with Crippen LogP contribution in [0, 0.1) is 0 Å². The lowest BCUT2D eigenvalue weighted by Gasteiger charge is -2.09.